The SMILES string of the molecule is CNc1ccc(C#Cc2c(C)nc(N)nc2-c2ccc(S(=O)(=O)C(C)C)cc2)cn1. The first kappa shape index (κ1) is 21.3. The van der Waals surface area contributed by atoms with Crippen LogP contribution in [0.2, 0.25) is 0 Å². The fourth-order valence-electron chi connectivity index (χ4n) is 2.78. The number of aryl methyl sites for hydroxylation is 1. The molecule has 0 radical (unpaired) electrons. The molecule has 2 heterocycles. The summed E-state index contributed by atoms with van der Waals surface area (Å²) >= 11 is 0. The third-order valence-electron chi connectivity index (χ3n) is 4.54. The normalized spacial score (nSPS) is 11.1. The maximum atomic E-state index is 12.4. The van der Waals surface area contributed by atoms with Gasteiger partial charge in [0.1, 0.15) is 5.82 Å². The van der Waals surface area contributed by atoms with Gasteiger partial charge in [-0.1, -0.05) is 24.0 Å². The number of aromatic nitrogens is 3. The van der Waals surface area contributed by atoms with Gasteiger partial charge in [-0.15, -0.1) is 0 Å². The van der Waals surface area contributed by atoms with Crippen LogP contribution in [0, 0.1) is 18.8 Å². The lowest BCUT2D eigenvalue weighted by Gasteiger charge is -2.10. The quantitative estimate of drug-likeness (QED) is 0.623. The summed E-state index contributed by atoms with van der Waals surface area (Å²) in [5.41, 5.74) is 9.14. The summed E-state index contributed by atoms with van der Waals surface area (Å²) < 4.78 is 24.8. The predicted molar refractivity (Wildman–Crippen MR) is 119 cm³/mol. The van der Waals surface area contributed by atoms with Crippen molar-refractivity contribution in [1.29, 1.82) is 0 Å². The van der Waals surface area contributed by atoms with Crippen molar-refractivity contribution in [3.63, 3.8) is 0 Å². The number of rotatable bonds is 4. The monoisotopic (exact) mass is 421 g/mol. The third kappa shape index (κ3) is 4.42. The molecule has 0 aliphatic carbocycles. The van der Waals surface area contributed by atoms with E-state index in [1.807, 2.05) is 19.1 Å². The molecule has 3 rings (SSSR count). The van der Waals surface area contributed by atoms with Crippen molar-refractivity contribution in [3.05, 3.63) is 59.4 Å². The average Bonchev–Trinajstić information content (AvgIpc) is 2.73. The van der Waals surface area contributed by atoms with Gasteiger partial charge in [-0.2, -0.15) is 0 Å². The molecule has 0 bridgehead atoms. The standard InChI is InChI=1S/C22H23N5O2S/c1-14(2)30(28,29)18-9-7-17(8-10-18)21-19(15(3)26-22(23)27-21)11-5-16-6-12-20(24-4)25-13-16/h6-10,12-14H,1-4H3,(H,24,25)(H2,23,26,27). The van der Waals surface area contributed by atoms with E-state index in [-0.39, 0.29) is 10.8 Å². The van der Waals surface area contributed by atoms with E-state index >= 15 is 0 Å². The Bertz CT molecular complexity index is 1220. The van der Waals surface area contributed by atoms with Crippen LogP contribution in [0.15, 0.2) is 47.5 Å². The van der Waals surface area contributed by atoms with Crippen molar-refractivity contribution >= 4 is 21.6 Å². The number of nitrogen functional groups attached to an aromatic ring is 1. The summed E-state index contributed by atoms with van der Waals surface area (Å²) in [7, 11) is -1.55. The van der Waals surface area contributed by atoms with Crippen molar-refractivity contribution in [2.45, 2.75) is 30.9 Å². The molecule has 0 amide bonds. The van der Waals surface area contributed by atoms with E-state index in [1.165, 1.54) is 0 Å². The van der Waals surface area contributed by atoms with Crippen LogP contribution in [0.4, 0.5) is 11.8 Å². The predicted octanol–water partition coefficient (Wildman–Crippen LogP) is 3.05. The number of hydrogen-bond acceptors (Lipinski definition) is 7. The summed E-state index contributed by atoms with van der Waals surface area (Å²) in [4.78, 5) is 13.1. The Morgan fingerprint density at radius 1 is 1.03 bits per heavy atom. The maximum Gasteiger partial charge on any atom is 0.220 e. The molecule has 30 heavy (non-hydrogen) atoms. The summed E-state index contributed by atoms with van der Waals surface area (Å²) in [5.74, 6) is 7.08. The second kappa shape index (κ2) is 8.51. The molecule has 2 aromatic heterocycles. The zero-order valence-corrected chi connectivity index (χ0v) is 18.1. The van der Waals surface area contributed by atoms with Crippen molar-refractivity contribution in [2.75, 3.05) is 18.1 Å². The number of sulfone groups is 1. The van der Waals surface area contributed by atoms with E-state index < -0.39 is 15.1 Å². The molecular weight excluding hydrogens is 398 g/mol. The van der Waals surface area contributed by atoms with Crippen LogP contribution < -0.4 is 11.1 Å². The van der Waals surface area contributed by atoms with Gasteiger partial charge in [0.05, 0.1) is 27.1 Å². The van der Waals surface area contributed by atoms with Gasteiger partial charge in [-0.25, -0.2) is 23.4 Å². The number of benzene rings is 1. The van der Waals surface area contributed by atoms with Gasteiger partial charge in [-0.05, 0) is 45.0 Å². The van der Waals surface area contributed by atoms with Gasteiger partial charge >= 0.3 is 0 Å². The number of hydrogen-bond donors (Lipinski definition) is 2. The van der Waals surface area contributed by atoms with Crippen LogP contribution >= 0.6 is 0 Å². The minimum atomic E-state index is -3.35. The van der Waals surface area contributed by atoms with Gasteiger partial charge in [0.2, 0.25) is 5.95 Å². The van der Waals surface area contributed by atoms with Crippen LogP contribution in [-0.4, -0.2) is 35.7 Å². The number of nitrogens with one attached hydrogen (secondary N) is 1. The van der Waals surface area contributed by atoms with Crippen LogP contribution in [0.1, 0.15) is 30.7 Å². The Morgan fingerprint density at radius 2 is 1.73 bits per heavy atom. The summed E-state index contributed by atoms with van der Waals surface area (Å²) in [6, 6.07) is 10.3. The third-order valence-corrected chi connectivity index (χ3v) is 6.71. The first-order chi connectivity index (χ1) is 14.2. The Hall–Kier alpha value is -3.44. The van der Waals surface area contributed by atoms with E-state index in [2.05, 4.69) is 32.1 Å². The first-order valence-electron chi connectivity index (χ1n) is 9.36. The van der Waals surface area contributed by atoms with Crippen LogP contribution in [-0.2, 0) is 9.84 Å². The van der Waals surface area contributed by atoms with Crippen molar-refractivity contribution in [2.24, 2.45) is 0 Å². The van der Waals surface area contributed by atoms with Gasteiger partial charge in [0.15, 0.2) is 9.84 Å². The molecule has 0 spiro atoms. The minimum absolute atomic E-state index is 0.131. The Kier molecular flexibility index (Phi) is 6.04. The number of nitrogens with two attached hydrogens (primary N) is 1. The number of nitrogens with zero attached hydrogens (tertiary/aromatic N) is 3. The van der Waals surface area contributed by atoms with Gasteiger partial charge in [0, 0.05) is 24.4 Å². The molecule has 0 atom stereocenters. The molecule has 7 nitrogen and oxygen atoms in total. The lowest BCUT2D eigenvalue weighted by molar-refractivity contribution is 0.587. The fraction of sp³-hybridized carbons (Fsp3) is 0.227. The molecule has 154 valence electrons. The van der Waals surface area contributed by atoms with E-state index in [0.29, 0.717) is 22.5 Å². The van der Waals surface area contributed by atoms with Crippen LogP contribution in [0.25, 0.3) is 11.3 Å². The Morgan fingerprint density at radius 3 is 2.30 bits per heavy atom. The van der Waals surface area contributed by atoms with E-state index in [4.69, 9.17) is 5.73 Å². The zero-order chi connectivity index (χ0) is 21.9. The molecule has 3 aromatic rings. The molecule has 3 N–H and O–H groups in total. The van der Waals surface area contributed by atoms with Crippen molar-refractivity contribution in [3.8, 4) is 23.1 Å². The van der Waals surface area contributed by atoms with E-state index in [9.17, 15) is 8.42 Å². The average molecular weight is 422 g/mol. The highest BCUT2D eigenvalue weighted by molar-refractivity contribution is 7.92. The Balaban J connectivity index is 2.05. The first-order valence-corrected chi connectivity index (χ1v) is 10.9. The largest absolute Gasteiger partial charge is 0.373 e. The summed E-state index contributed by atoms with van der Waals surface area (Å²) in [5, 5.41) is 2.46. The second-order valence-corrected chi connectivity index (χ2v) is 9.45. The molecule has 8 heteroatoms. The van der Waals surface area contributed by atoms with Gasteiger partial charge in [0.25, 0.3) is 0 Å². The number of anilines is 2. The molecule has 1 aromatic carbocycles. The fourth-order valence-corrected chi connectivity index (χ4v) is 3.84. The number of pyridine rings is 1. The highest BCUT2D eigenvalue weighted by Crippen LogP contribution is 2.26. The molecule has 0 saturated heterocycles. The molecule has 0 aliphatic rings. The molecule has 0 saturated carbocycles. The van der Waals surface area contributed by atoms with Crippen LogP contribution in [0.5, 0.6) is 0 Å². The summed E-state index contributed by atoms with van der Waals surface area (Å²) in [6.45, 7) is 5.12. The maximum absolute atomic E-state index is 12.4. The topological polar surface area (TPSA) is 111 Å². The second-order valence-electron chi connectivity index (χ2n) is 6.94. The minimum Gasteiger partial charge on any atom is -0.373 e. The van der Waals surface area contributed by atoms with E-state index in [1.54, 1.807) is 51.4 Å². The summed E-state index contributed by atoms with van der Waals surface area (Å²) in [6.07, 6.45) is 1.68. The molecular formula is C22H23N5O2S. The molecule has 0 fully saturated rings. The smallest absolute Gasteiger partial charge is 0.220 e. The lowest BCUT2D eigenvalue weighted by Crippen LogP contribution is -2.13. The Labute approximate surface area is 176 Å². The van der Waals surface area contributed by atoms with Gasteiger partial charge < -0.3 is 11.1 Å². The zero-order valence-electron chi connectivity index (χ0n) is 17.3. The molecule has 0 unspecified atom stereocenters. The van der Waals surface area contributed by atoms with Gasteiger partial charge in [-0.3, -0.25) is 0 Å². The van der Waals surface area contributed by atoms with E-state index in [0.717, 1.165) is 11.4 Å². The highest BCUT2D eigenvalue weighted by atomic mass is 32.2. The van der Waals surface area contributed by atoms with Crippen LogP contribution in [0.3, 0.4) is 0 Å². The highest BCUT2D eigenvalue weighted by Gasteiger charge is 2.19. The molecule has 0 aliphatic heterocycles. The van der Waals surface area contributed by atoms with Crippen molar-refractivity contribution in [1.82, 2.24) is 15.0 Å². The van der Waals surface area contributed by atoms with Crippen molar-refractivity contribution < 1.29 is 8.42 Å². The lowest BCUT2D eigenvalue weighted by atomic mass is 10.0.